The van der Waals surface area contributed by atoms with E-state index in [-0.39, 0.29) is 22.1 Å². The van der Waals surface area contributed by atoms with Crippen LogP contribution in [0.4, 0.5) is 5.69 Å². The number of ether oxygens (including phenoxy) is 1. The molecule has 0 aromatic heterocycles. The number of nitrogens with one attached hydrogen (secondary N) is 1. The Bertz CT molecular complexity index is 837. The highest BCUT2D eigenvalue weighted by Crippen LogP contribution is 2.28. The summed E-state index contributed by atoms with van der Waals surface area (Å²) in [6, 6.07) is 3.20. The van der Waals surface area contributed by atoms with Gasteiger partial charge in [0.15, 0.2) is 9.84 Å². The zero-order chi connectivity index (χ0) is 21.1. The molecule has 1 atom stereocenters. The highest BCUT2D eigenvalue weighted by molar-refractivity contribution is 7.90. The summed E-state index contributed by atoms with van der Waals surface area (Å²) in [4.78, 5) is 25.6. The smallest absolute Gasteiger partial charge is 0.329 e. The van der Waals surface area contributed by atoms with Gasteiger partial charge in [-0.05, 0) is 57.7 Å². The van der Waals surface area contributed by atoms with E-state index < -0.39 is 33.4 Å². The van der Waals surface area contributed by atoms with Crippen LogP contribution in [0.3, 0.4) is 0 Å². The number of rotatable bonds is 5. The first-order valence-electron chi connectivity index (χ1n) is 9.52. The SMILES string of the molecule is CC(C)(C)OC(=O)[C@@H](NC(=O)c1ccc(S(C)(=O)=O)cc1N)C1CCCCC1. The summed E-state index contributed by atoms with van der Waals surface area (Å²) in [5.74, 6) is -0.970. The lowest BCUT2D eigenvalue weighted by molar-refractivity contribution is -0.159. The molecule has 0 radical (unpaired) electrons. The maximum Gasteiger partial charge on any atom is 0.329 e. The first kappa shape index (κ1) is 22.2. The van der Waals surface area contributed by atoms with Crippen molar-refractivity contribution in [3.63, 3.8) is 0 Å². The second-order valence-corrected chi connectivity index (χ2v) is 10.4. The summed E-state index contributed by atoms with van der Waals surface area (Å²) >= 11 is 0. The van der Waals surface area contributed by atoms with Crippen molar-refractivity contribution in [2.75, 3.05) is 12.0 Å². The molecule has 7 nitrogen and oxygen atoms in total. The van der Waals surface area contributed by atoms with Crippen LogP contribution >= 0.6 is 0 Å². The van der Waals surface area contributed by atoms with Crippen molar-refractivity contribution in [1.82, 2.24) is 5.32 Å². The fourth-order valence-corrected chi connectivity index (χ4v) is 4.06. The molecule has 2 rings (SSSR count). The van der Waals surface area contributed by atoms with Crippen molar-refractivity contribution < 1.29 is 22.7 Å². The largest absolute Gasteiger partial charge is 0.458 e. The van der Waals surface area contributed by atoms with E-state index in [2.05, 4.69) is 5.32 Å². The number of anilines is 1. The topological polar surface area (TPSA) is 116 Å². The van der Waals surface area contributed by atoms with Gasteiger partial charge in [-0.2, -0.15) is 0 Å². The van der Waals surface area contributed by atoms with E-state index in [0.29, 0.717) is 0 Å². The molecule has 1 saturated carbocycles. The highest BCUT2D eigenvalue weighted by Gasteiger charge is 2.34. The van der Waals surface area contributed by atoms with Crippen molar-refractivity contribution in [2.45, 2.75) is 69.4 Å². The minimum Gasteiger partial charge on any atom is -0.458 e. The Kier molecular flexibility index (Phi) is 6.75. The third-order valence-electron chi connectivity index (χ3n) is 4.76. The van der Waals surface area contributed by atoms with Crippen molar-refractivity contribution >= 4 is 27.4 Å². The van der Waals surface area contributed by atoms with Gasteiger partial charge in [-0.1, -0.05) is 19.3 Å². The molecule has 0 unspecified atom stereocenters. The number of nitrogens with two attached hydrogens (primary N) is 1. The number of esters is 1. The molecular weight excluding hydrogens is 380 g/mol. The van der Waals surface area contributed by atoms with E-state index in [9.17, 15) is 18.0 Å². The molecule has 1 fully saturated rings. The van der Waals surface area contributed by atoms with Gasteiger partial charge in [0.05, 0.1) is 10.5 Å². The molecule has 0 heterocycles. The molecule has 0 spiro atoms. The van der Waals surface area contributed by atoms with E-state index in [4.69, 9.17) is 10.5 Å². The first-order valence-corrected chi connectivity index (χ1v) is 11.4. The number of benzene rings is 1. The van der Waals surface area contributed by atoms with Crippen LogP contribution in [0.2, 0.25) is 0 Å². The van der Waals surface area contributed by atoms with Crippen LogP contribution in [0, 0.1) is 5.92 Å². The third-order valence-corrected chi connectivity index (χ3v) is 5.87. The molecule has 1 amide bonds. The summed E-state index contributed by atoms with van der Waals surface area (Å²) in [7, 11) is -3.43. The summed E-state index contributed by atoms with van der Waals surface area (Å²) in [6.45, 7) is 5.35. The van der Waals surface area contributed by atoms with E-state index in [1.54, 1.807) is 20.8 Å². The quantitative estimate of drug-likeness (QED) is 0.569. The van der Waals surface area contributed by atoms with Gasteiger partial charge in [-0.3, -0.25) is 4.79 Å². The molecule has 0 bridgehead atoms. The van der Waals surface area contributed by atoms with E-state index in [0.717, 1.165) is 38.4 Å². The van der Waals surface area contributed by atoms with Crippen molar-refractivity contribution in [3.8, 4) is 0 Å². The number of amides is 1. The predicted molar refractivity (Wildman–Crippen MR) is 108 cm³/mol. The second-order valence-electron chi connectivity index (χ2n) is 8.40. The number of sulfone groups is 1. The average molecular weight is 411 g/mol. The maximum atomic E-state index is 12.8. The number of carbonyl (C=O) groups is 2. The van der Waals surface area contributed by atoms with Crippen LogP contribution in [-0.4, -0.2) is 38.2 Å². The molecule has 0 saturated heterocycles. The van der Waals surface area contributed by atoms with Crippen LogP contribution in [0.5, 0.6) is 0 Å². The fourth-order valence-electron chi connectivity index (χ4n) is 3.40. The predicted octanol–water partition coefficient (Wildman–Crippen LogP) is 2.69. The fraction of sp³-hybridized carbons (Fsp3) is 0.600. The minimum absolute atomic E-state index is 0.00377. The molecule has 8 heteroatoms. The number of hydrogen-bond acceptors (Lipinski definition) is 6. The zero-order valence-corrected chi connectivity index (χ0v) is 17.8. The van der Waals surface area contributed by atoms with E-state index in [1.165, 1.54) is 18.2 Å². The Morgan fingerprint density at radius 3 is 2.29 bits per heavy atom. The standard InChI is InChI=1S/C20H30N2O5S/c1-20(2,3)27-19(24)17(13-8-6-5-7-9-13)22-18(23)15-11-10-14(12-16(15)21)28(4,25)26/h10-13,17H,5-9,21H2,1-4H3,(H,22,23)/t17-/m0/s1. The number of hydrogen-bond donors (Lipinski definition) is 2. The summed E-state index contributed by atoms with van der Waals surface area (Å²) < 4.78 is 28.8. The number of carbonyl (C=O) groups excluding carboxylic acids is 2. The first-order chi connectivity index (χ1) is 12.9. The van der Waals surface area contributed by atoms with E-state index in [1.807, 2.05) is 0 Å². The Labute approximate surface area is 166 Å². The lowest BCUT2D eigenvalue weighted by Gasteiger charge is -2.32. The summed E-state index contributed by atoms with van der Waals surface area (Å²) in [5.41, 5.74) is 5.43. The molecule has 1 aliphatic rings. The van der Waals surface area contributed by atoms with Crippen LogP contribution < -0.4 is 11.1 Å². The average Bonchev–Trinajstić information content (AvgIpc) is 2.57. The Morgan fingerprint density at radius 1 is 1.18 bits per heavy atom. The van der Waals surface area contributed by atoms with Gasteiger partial charge in [0.2, 0.25) is 0 Å². The van der Waals surface area contributed by atoms with Crippen LogP contribution in [0.15, 0.2) is 23.1 Å². The second kappa shape index (κ2) is 8.51. The maximum absolute atomic E-state index is 12.8. The zero-order valence-electron chi connectivity index (χ0n) is 16.9. The Morgan fingerprint density at radius 2 is 1.79 bits per heavy atom. The molecule has 1 aromatic rings. The summed E-state index contributed by atoms with van der Waals surface area (Å²) in [5, 5.41) is 2.78. The third kappa shape index (κ3) is 5.95. The van der Waals surface area contributed by atoms with Gasteiger partial charge in [-0.25, -0.2) is 13.2 Å². The molecule has 28 heavy (non-hydrogen) atoms. The molecule has 3 N–H and O–H groups in total. The number of nitrogen functional groups attached to an aromatic ring is 1. The Balaban J connectivity index is 2.25. The van der Waals surface area contributed by atoms with Crippen LogP contribution in [-0.2, 0) is 19.4 Å². The molecule has 156 valence electrons. The van der Waals surface area contributed by atoms with Gasteiger partial charge in [0, 0.05) is 11.9 Å². The molecule has 1 aromatic carbocycles. The van der Waals surface area contributed by atoms with Gasteiger partial charge in [-0.15, -0.1) is 0 Å². The van der Waals surface area contributed by atoms with Crippen LogP contribution in [0.1, 0.15) is 63.2 Å². The lowest BCUT2D eigenvalue weighted by atomic mass is 9.83. The van der Waals surface area contributed by atoms with Crippen molar-refractivity contribution in [3.05, 3.63) is 23.8 Å². The normalized spacial score (nSPS) is 17.0. The van der Waals surface area contributed by atoms with Gasteiger partial charge in [0.25, 0.3) is 5.91 Å². The monoisotopic (exact) mass is 410 g/mol. The highest BCUT2D eigenvalue weighted by atomic mass is 32.2. The van der Waals surface area contributed by atoms with Gasteiger partial charge < -0.3 is 15.8 Å². The van der Waals surface area contributed by atoms with E-state index >= 15 is 0 Å². The molecular formula is C20H30N2O5S. The van der Waals surface area contributed by atoms with Crippen molar-refractivity contribution in [2.24, 2.45) is 5.92 Å². The lowest BCUT2D eigenvalue weighted by Crippen LogP contribution is -2.49. The summed E-state index contributed by atoms with van der Waals surface area (Å²) in [6.07, 6.45) is 5.88. The Hall–Kier alpha value is -2.09. The van der Waals surface area contributed by atoms with Crippen LogP contribution in [0.25, 0.3) is 0 Å². The molecule has 0 aliphatic heterocycles. The van der Waals surface area contributed by atoms with Crippen molar-refractivity contribution in [1.29, 1.82) is 0 Å². The molecule has 1 aliphatic carbocycles. The van der Waals surface area contributed by atoms with Gasteiger partial charge >= 0.3 is 5.97 Å². The van der Waals surface area contributed by atoms with Gasteiger partial charge in [0.1, 0.15) is 11.6 Å². The minimum atomic E-state index is -3.43.